The second-order valence-electron chi connectivity index (χ2n) is 6.01. The van der Waals surface area contributed by atoms with E-state index in [1.54, 1.807) is 0 Å². The molecule has 2 aromatic rings. The van der Waals surface area contributed by atoms with E-state index >= 15 is 0 Å². The molecular formula is C19H24. The van der Waals surface area contributed by atoms with Crippen molar-refractivity contribution in [3.05, 3.63) is 59.2 Å². The van der Waals surface area contributed by atoms with Crippen LogP contribution in [0.5, 0.6) is 0 Å². The summed E-state index contributed by atoms with van der Waals surface area (Å²) in [5, 5.41) is 0. The number of rotatable bonds is 3. The first-order valence-electron chi connectivity index (χ1n) is 7.20. The second-order valence-corrected chi connectivity index (χ2v) is 6.01. The normalized spacial score (nSPS) is 11.3. The van der Waals surface area contributed by atoms with Gasteiger partial charge in [-0.15, -0.1) is 0 Å². The third-order valence-electron chi connectivity index (χ3n) is 3.82. The highest BCUT2D eigenvalue weighted by Crippen LogP contribution is 2.28. The summed E-state index contributed by atoms with van der Waals surface area (Å²) in [6.45, 7) is 11.2. The van der Waals surface area contributed by atoms with Crippen molar-refractivity contribution in [2.24, 2.45) is 0 Å². The summed E-state index contributed by atoms with van der Waals surface area (Å²) in [6, 6.07) is 15.8. The minimum atomic E-state index is 0.578. The minimum absolute atomic E-state index is 0.578. The van der Waals surface area contributed by atoms with Crippen LogP contribution in [-0.2, 0) is 0 Å². The van der Waals surface area contributed by atoms with Gasteiger partial charge < -0.3 is 0 Å². The fourth-order valence-electron chi connectivity index (χ4n) is 2.36. The summed E-state index contributed by atoms with van der Waals surface area (Å²) in [6.07, 6.45) is 0. The van der Waals surface area contributed by atoms with E-state index in [-0.39, 0.29) is 0 Å². The standard InChI is InChI=1S/C19H24/c1-13(2)16-8-10-17(11-9-16)19-12-18(14(3)4)7-6-15(19)5/h6-14H,1-5H3. The largest absolute Gasteiger partial charge is 0.0587 e. The van der Waals surface area contributed by atoms with Gasteiger partial charge in [0.15, 0.2) is 0 Å². The van der Waals surface area contributed by atoms with E-state index in [0.717, 1.165) is 0 Å². The van der Waals surface area contributed by atoms with E-state index in [9.17, 15) is 0 Å². The lowest BCUT2D eigenvalue weighted by Crippen LogP contribution is -1.92. The van der Waals surface area contributed by atoms with E-state index in [1.807, 2.05) is 0 Å². The van der Waals surface area contributed by atoms with Gasteiger partial charge in [0.1, 0.15) is 0 Å². The van der Waals surface area contributed by atoms with Crippen molar-refractivity contribution >= 4 is 0 Å². The molecule has 0 fully saturated rings. The van der Waals surface area contributed by atoms with Crippen molar-refractivity contribution in [1.82, 2.24) is 0 Å². The average Bonchev–Trinajstić information content (AvgIpc) is 2.39. The van der Waals surface area contributed by atoms with Crippen LogP contribution in [0.4, 0.5) is 0 Å². The molecule has 0 unspecified atom stereocenters. The molecule has 0 heteroatoms. The highest BCUT2D eigenvalue weighted by molar-refractivity contribution is 5.68. The molecule has 100 valence electrons. The number of aryl methyl sites for hydroxylation is 1. The molecule has 0 atom stereocenters. The van der Waals surface area contributed by atoms with Gasteiger partial charge in [0.2, 0.25) is 0 Å². The molecule has 0 spiro atoms. The molecule has 0 amide bonds. The molecule has 2 rings (SSSR count). The SMILES string of the molecule is Cc1ccc(C(C)C)cc1-c1ccc(C(C)C)cc1. The quantitative estimate of drug-likeness (QED) is 0.637. The molecule has 0 heterocycles. The van der Waals surface area contributed by atoms with Crippen LogP contribution in [0.2, 0.25) is 0 Å². The van der Waals surface area contributed by atoms with Crippen LogP contribution in [0, 0.1) is 6.92 Å². The first-order chi connectivity index (χ1) is 8.99. The van der Waals surface area contributed by atoms with Gasteiger partial charge in [-0.25, -0.2) is 0 Å². The average molecular weight is 252 g/mol. The summed E-state index contributed by atoms with van der Waals surface area (Å²) in [7, 11) is 0. The molecule has 0 aliphatic carbocycles. The molecule has 2 aromatic carbocycles. The molecule has 0 N–H and O–H groups in total. The van der Waals surface area contributed by atoms with Crippen LogP contribution < -0.4 is 0 Å². The maximum Gasteiger partial charge on any atom is -0.0152 e. The Hall–Kier alpha value is -1.56. The number of hydrogen-bond donors (Lipinski definition) is 0. The van der Waals surface area contributed by atoms with E-state index in [0.29, 0.717) is 11.8 Å². The van der Waals surface area contributed by atoms with Crippen LogP contribution >= 0.6 is 0 Å². The van der Waals surface area contributed by atoms with Gasteiger partial charge in [-0.3, -0.25) is 0 Å². The summed E-state index contributed by atoms with van der Waals surface area (Å²) >= 11 is 0. The molecule has 19 heavy (non-hydrogen) atoms. The topological polar surface area (TPSA) is 0 Å². The molecule has 0 aromatic heterocycles. The molecule has 0 radical (unpaired) electrons. The van der Waals surface area contributed by atoms with Crippen LogP contribution in [0.1, 0.15) is 56.2 Å². The lowest BCUT2D eigenvalue weighted by Gasteiger charge is -2.13. The molecule has 0 bridgehead atoms. The Labute approximate surface area is 117 Å². The Morgan fingerprint density at radius 3 is 1.74 bits per heavy atom. The highest BCUT2D eigenvalue weighted by Gasteiger charge is 2.06. The zero-order valence-corrected chi connectivity index (χ0v) is 12.7. The third kappa shape index (κ3) is 3.07. The smallest absolute Gasteiger partial charge is 0.0152 e. The van der Waals surface area contributed by atoms with Crippen molar-refractivity contribution in [2.45, 2.75) is 46.5 Å². The summed E-state index contributed by atoms with van der Waals surface area (Å²) in [5.41, 5.74) is 6.85. The summed E-state index contributed by atoms with van der Waals surface area (Å²) in [5.74, 6) is 1.17. The van der Waals surface area contributed by atoms with Crippen molar-refractivity contribution in [3.63, 3.8) is 0 Å². The van der Waals surface area contributed by atoms with Gasteiger partial charge in [-0.1, -0.05) is 70.2 Å². The van der Waals surface area contributed by atoms with Crippen molar-refractivity contribution in [2.75, 3.05) is 0 Å². The summed E-state index contributed by atoms with van der Waals surface area (Å²) in [4.78, 5) is 0. The van der Waals surface area contributed by atoms with E-state index in [2.05, 4.69) is 77.1 Å². The Kier molecular flexibility index (Phi) is 4.09. The molecular weight excluding hydrogens is 228 g/mol. The zero-order valence-electron chi connectivity index (χ0n) is 12.7. The van der Waals surface area contributed by atoms with E-state index < -0.39 is 0 Å². The van der Waals surface area contributed by atoms with Gasteiger partial charge in [-0.2, -0.15) is 0 Å². The minimum Gasteiger partial charge on any atom is -0.0587 e. The van der Waals surface area contributed by atoms with Gasteiger partial charge in [0.05, 0.1) is 0 Å². The van der Waals surface area contributed by atoms with Crippen molar-refractivity contribution < 1.29 is 0 Å². The van der Waals surface area contributed by atoms with Crippen LogP contribution in [0.3, 0.4) is 0 Å². The van der Waals surface area contributed by atoms with Crippen LogP contribution in [0.25, 0.3) is 11.1 Å². The third-order valence-corrected chi connectivity index (χ3v) is 3.82. The first-order valence-corrected chi connectivity index (χ1v) is 7.20. The van der Waals surface area contributed by atoms with Gasteiger partial charge in [-0.05, 0) is 46.6 Å². The maximum atomic E-state index is 2.34. The van der Waals surface area contributed by atoms with E-state index in [1.165, 1.54) is 27.8 Å². The maximum absolute atomic E-state index is 2.34. The monoisotopic (exact) mass is 252 g/mol. The fraction of sp³-hybridized carbons (Fsp3) is 0.368. The predicted octanol–water partition coefficient (Wildman–Crippen LogP) is 5.91. The zero-order chi connectivity index (χ0) is 14.0. The summed E-state index contributed by atoms with van der Waals surface area (Å²) < 4.78 is 0. The molecule has 0 nitrogen and oxygen atoms in total. The predicted molar refractivity (Wildman–Crippen MR) is 84.8 cm³/mol. The molecule has 0 aliphatic rings. The Balaban J connectivity index is 2.43. The van der Waals surface area contributed by atoms with Gasteiger partial charge >= 0.3 is 0 Å². The number of hydrogen-bond acceptors (Lipinski definition) is 0. The number of benzene rings is 2. The Morgan fingerprint density at radius 2 is 1.21 bits per heavy atom. The first kappa shape index (κ1) is 13.9. The van der Waals surface area contributed by atoms with Crippen LogP contribution in [-0.4, -0.2) is 0 Å². The Bertz CT molecular complexity index is 545. The molecule has 0 saturated carbocycles. The lowest BCUT2D eigenvalue weighted by molar-refractivity contribution is 0.865. The van der Waals surface area contributed by atoms with Gasteiger partial charge in [0, 0.05) is 0 Å². The second kappa shape index (κ2) is 5.61. The van der Waals surface area contributed by atoms with Crippen LogP contribution in [0.15, 0.2) is 42.5 Å². The fourth-order valence-corrected chi connectivity index (χ4v) is 2.36. The van der Waals surface area contributed by atoms with Gasteiger partial charge in [0.25, 0.3) is 0 Å². The van der Waals surface area contributed by atoms with Crippen molar-refractivity contribution in [3.8, 4) is 11.1 Å². The van der Waals surface area contributed by atoms with Crippen molar-refractivity contribution in [1.29, 1.82) is 0 Å². The lowest BCUT2D eigenvalue weighted by atomic mass is 9.92. The van der Waals surface area contributed by atoms with E-state index in [4.69, 9.17) is 0 Å². The molecule has 0 aliphatic heterocycles. The molecule has 0 saturated heterocycles. The Morgan fingerprint density at radius 1 is 0.684 bits per heavy atom. The highest BCUT2D eigenvalue weighted by atomic mass is 14.1.